The fourth-order valence-electron chi connectivity index (χ4n) is 2.45. The minimum atomic E-state index is -0.447. The molecular weight excluding hydrogens is 218 g/mol. The number of carbonyl (C=O) groups is 2. The molecule has 1 unspecified atom stereocenters. The van der Waals surface area contributed by atoms with Crippen LogP contribution in [0.1, 0.15) is 39.0 Å². The Labute approximate surface area is 103 Å². The van der Waals surface area contributed by atoms with Gasteiger partial charge in [-0.1, -0.05) is 19.8 Å². The highest BCUT2D eigenvalue weighted by Crippen LogP contribution is 2.24. The van der Waals surface area contributed by atoms with E-state index in [1.165, 1.54) is 0 Å². The number of nitrogens with two attached hydrogens (primary N) is 2. The van der Waals surface area contributed by atoms with Gasteiger partial charge in [0.1, 0.15) is 0 Å². The van der Waals surface area contributed by atoms with Crippen LogP contribution in [-0.4, -0.2) is 35.8 Å². The van der Waals surface area contributed by atoms with Crippen molar-refractivity contribution in [2.75, 3.05) is 13.1 Å². The number of amides is 2. The normalized spacial score (nSPS) is 18.0. The van der Waals surface area contributed by atoms with Crippen LogP contribution in [0.5, 0.6) is 0 Å². The molecule has 17 heavy (non-hydrogen) atoms. The van der Waals surface area contributed by atoms with E-state index in [1.54, 1.807) is 4.90 Å². The molecular formula is C12H23N3O2. The van der Waals surface area contributed by atoms with Crippen molar-refractivity contribution in [2.24, 2.45) is 17.4 Å². The van der Waals surface area contributed by atoms with Crippen molar-refractivity contribution in [3.05, 3.63) is 0 Å². The molecule has 1 rings (SSSR count). The minimum Gasteiger partial charge on any atom is -0.368 e. The van der Waals surface area contributed by atoms with Crippen LogP contribution in [0, 0.1) is 5.92 Å². The third-order valence-corrected chi connectivity index (χ3v) is 3.50. The van der Waals surface area contributed by atoms with Crippen LogP contribution in [0.4, 0.5) is 0 Å². The summed E-state index contributed by atoms with van der Waals surface area (Å²) in [5, 5.41) is 0. The number of nitrogens with zero attached hydrogens (tertiary/aromatic N) is 1. The summed E-state index contributed by atoms with van der Waals surface area (Å²) < 4.78 is 0. The van der Waals surface area contributed by atoms with Crippen LogP contribution >= 0.6 is 0 Å². The van der Waals surface area contributed by atoms with Crippen molar-refractivity contribution in [1.82, 2.24) is 4.90 Å². The van der Waals surface area contributed by atoms with Crippen LogP contribution in [-0.2, 0) is 9.59 Å². The lowest BCUT2D eigenvalue weighted by atomic mass is 10.0. The lowest BCUT2D eigenvalue weighted by Gasteiger charge is -2.30. The summed E-state index contributed by atoms with van der Waals surface area (Å²) in [6.07, 6.45) is 4.89. The van der Waals surface area contributed by atoms with Gasteiger partial charge in [-0.05, 0) is 19.3 Å². The molecule has 0 aromatic rings. The fraction of sp³-hybridized carbons (Fsp3) is 0.833. The molecule has 4 N–H and O–H groups in total. The molecule has 0 bridgehead atoms. The van der Waals surface area contributed by atoms with Crippen LogP contribution in [0.15, 0.2) is 0 Å². The first-order valence-electron chi connectivity index (χ1n) is 6.39. The number of hydrogen-bond donors (Lipinski definition) is 2. The zero-order chi connectivity index (χ0) is 12.8. The largest absolute Gasteiger partial charge is 0.368 e. The Hall–Kier alpha value is -1.10. The third-order valence-electron chi connectivity index (χ3n) is 3.50. The molecule has 0 heterocycles. The van der Waals surface area contributed by atoms with Crippen LogP contribution in [0.25, 0.3) is 0 Å². The van der Waals surface area contributed by atoms with Gasteiger partial charge in [0, 0.05) is 12.6 Å². The maximum atomic E-state index is 12.3. The quantitative estimate of drug-likeness (QED) is 0.697. The van der Waals surface area contributed by atoms with Crippen LogP contribution in [0.2, 0.25) is 0 Å². The average molecular weight is 241 g/mol. The highest BCUT2D eigenvalue weighted by atomic mass is 16.2. The maximum Gasteiger partial charge on any atom is 0.237 e. The van der Waals surface area contributed by atoms with Crippen molar-refractivity contribution in [2.45, 2.75) is 45.1 Å². The van der Waals surface area contributed by atoms with E-state index in [4.69, 9.17) is 11.5 Å². The summed E-state index contributed by atoms with van der Waals surface area (Å²) >= 11 is 0. The molecule has 1 fully saturated rings. The number of rotatable bonds is 6. The van der Waals surface area contributed by atoms with Crippen LogP contribution in [0.3, 0.4) is 0 Å². The van der Waals surface area contributed by atoms with Gasteiger partial charge in [-0.3, -0.25) is 9.59 Å². The van der Waals surface area contributed by atoms with Gasteiger partial charge >= 0.3 is 0 Å². The second-order valence-electron chi connectivity index (χ2n) is 4.71. The summed E-state index contributed by atoms with van der Waals surface area (Å²) in [5.41, 5.74) is 10.8. The standard InChI is InChI=1S/C12H23N3O2/c1-2-9(7-13)12(17)15(8-11(14)16)10-5-3-4-6-10/h9-10H,2-8,13H2,1H3,(H2,14,16). The maximum absolute atomic E-state index is 12.3. The van der Waals surface area contributed by atoms with E-state index < -0.39 is 5.91 Å². The predicted molar refractivity (Wildman–Crippen MR) is 66.0 cm³/mol. The summed E-state index contributed by atoms with van der Waals surface area (Å²) in [6, 6.07) is 0.176. The second-order valence-corrected chi connectivity index (χ2v) is 4.71. The first-order valence-corrected chi connectivity index (χ1v) is 6.39. The van der Waals surface area contributed by atoms with Crippen molar-refractivity contribution >= 4 is 11.8 Å². The van der Waals surface area contributed by atoms with Gasteiger partial charge in [-0.15, -0.1) is 0 Å². The molecule has 1 aliphatic rings. The fourth-order valence-corrected chi connectivity index (χ4v) is 2.45. The first kappa shape index (κ1) is 14.0. The molecule has 2 amide bonds. The zero-order valence-electron chi connectivity index (χ0n) is 10.5. The number of hydrogen-bond acceptors (Lipinski definition) is 3. The second kappa shape index (κ2) is 6.59. The Morgan fingerprint density at radius 2 is 1.94 bits per heavy atom. The molecule has 1 aliphatic carbocycles. The van der Waals surface area contributed by atoms with E-state index in [1.807, 2.05) is 6.92 Å². The average Bonchev–Trinajstić information content (AvgIpc) is 2.80. The Balaban J connectivity index is 2.73. The Morgan fingerprint density at radius 1 is 1.35 bits per heavy atom. The molecule has 0 spiro atoms. The summed E-state index contributed by atoms with van der Waals surface area (Å²) in [5.74, 6) is -0.646. The lowest BCUT2D eigenvalue weighted by Crippen LogP contribution is -2.48. The predicted octanol–water partition coefficient (Wildman–Crippen LogP) is 0.228. The number of carbonyl (C=O) groups excluding carboxylic acids is 2. The van der Waals surface area contributed by atoms with Crippen LogP contribution < -0.4 is 11.5 Å². The highest BCUT2D eigenvalue weighted by Gasteiger charge is 2.30. The smallest absolute Gasteiger partial charge is 0.237 e. The van der Waals surface area contributed by atoms with Gasteiger partial charge in [-0.2, -0.15) is 0 Å². The molecule has 5 heteroatoms. The molecule has 0 radical (unpaired) electrons. The molecule has 0 aliphatic heterocycles. The molecule has 1 atom stereocenters. The molecule has 1 saturated carbocycles. The Morgan fingerprint density at radius 3 is 2.35 bits per heavy atom. The molecule has 0 aromatic heterocycles. The molecule has 98 valence electrons. The van der Waals surface area contributed by atoms with Crippen molar-refractivity contribution < 1.29 is 9.59 Å². The van der Waals surface area contributed by atoms with Crippen molar-refractivity contribution in [1.29, 1.82) is 0 Å². The van der Waals surface area contributed by atoms with Gasteiger partial charge in [0.25, 0.3) is 0 Å². The summed E-state index contributed by atoms with van der Waals surface area (Å²) in [4.78, 5) is 25.0. The van der Waals surface area contributed by atoms with E-state index in [-0.39, 0.29) is 24.4 Å². The van der Waals surface area contributed by atoms with Gasteiger partial charge < -0.3 is 16.4 Å². The highest BCUT2D eigenvalue weighted by molar-refractivity contribution is 5.85. The SMILES string of the molecule is CCC(CN)C(=O)N(CC(N)=O)C1CCCC1. The van der Waals surface area contributed by atoms with Gasteiger partial charge in [-0.25, -0.2) is 0 Å². The molecule has 0 saturated heterocycles. The van der Waals surface area contributed by atoms with E-state index in [9.17, 15) is 9.59 Å². The summed E-state index contributed by atoms with van der Waals surface area (Å²) in [6.45, 7) is 2.30. The van der Waals surface area contributed by atoms with Gasteiger partial charge in [0.2, 0.25) is 11.8 Å². The van der Waals surface area contributed by atoms with E-state index in [0.717, 1.165) is 25.7 Å². The summed E-state index contributed by atoms with van der Waals surface area (Å²) in [7, 11) is 0. The van der Waals surface area contributed by atoms with Crippen molar-refractivity contribution in [3.8, 4) is 0 Å². The Kier molecular flexibility index (Phi) is 5.41. The third kappa shape index (κ3) is 3.70. The molecule has 0 aromatic carbocycles. The zero-order valence-corrected chi connectivity index (χ0v) is 10.5. The van der Waals surface area contributed by atoms with Gasteiger partial charge in [0.05, 0.1) is 12.5 Å². The number of primary amides is 1. The minimum absolute atomic E-state index is 0.0132. The van der Waals surface area contributed by atoms with E-state index in [2.05, 4.69) is 0 Å². The Bertz CT molecular complexity index is 271. The monoisotopic (exact) mass is 241 g/mol. The van der Waals surface area contributed by atoms with E-state index in [0.29, 0.717) is 13.0 Å². The van der Waals surface area contributed by atoms with Gasteiger partial charge in [0.15, 0.2) is 0 Å². The topological polar surface area (TPSA) is 89.4 Å². The van der Waals surface area contributed by atoms with E-state index >= 15 is 0 Å². The first-order chi connectivity index (χ1) is 8.10. The van der Waals surface area contributed by atoms with Crippen molar-refractivity contribution in [3.63, 3.8) is 0 Å². The lowest BCUT2D eigenvalue weighted by molar-refractivity contribution is -0.141. The molecule has 5 nitrogen and oxygen atoms in total.